The fourth-order valence-electron chi connectivity index (χ4n) is 1.64. The molecule has 6 heteroatoms. The SMILES string of the molecule is Cc1ccc(NC(=S)NC2C=CS(=O)(=O)C2)cc1. The molecule has 1 unspecified atom stereocenters. The van der Waals surface area contributed by atoms with Crippen LogP contribution in [0.1, 0.15) is 5.56 Å². The Morgan fingerprint density at radius 2 is 2.00 bits per heavy atom. The summed E-state index contributed by atoms with van der Waals surface area (Å²) in [6.07, 6.45) is 1.61. The summed E-state index contributed by atoms with van der Waals surface area (Å²) in [6, 6.07) is 7.55. The van der Waals surface area contributed by atoms with Crippen molar-refractivity contribution in [3.05, 3.63) is 41.3 Å². The molecule has 4 nitrogen and oxygen atoms in total. The van der Waals surface area contributed by atoms with E-state index in [9.17, 15) is 8.42 Å². The predicted octanol–water partition coefficient (Wildman–Crippen LogP) is 1.59. The summed E-state index contributed by atoms with van der Waals surface area (Å²) in [7, 11) is -3.05. The predicted molar refractivity (Wildman–Crippen MR) is 77.3 cm³/mol. The lowest BCUT2D eigenvalue weighted by atomic mass is 10.2. The van der Waals surface area contributed by atoms with Crippen molar-refractivity contribution in [1.29, 1.82) is 0 Å². The van der Waals surface area contributed by atoms with Gasteiger partial charge in [-0.3, -0.25) is 0 Å². The highest BCUT2D eigenvalue weighted by Crippen LogP contribution is 2.10. The number of benzene rings is 1. The molecule has 1 heterocycles. The lowest BCUT2D eigenvalue weighted by Crippen LogP contribution is -2.38. The van der Waals surface area contributed by atoms with E-state index in [4.69, 9.17) is 12.2 Å². The van der Waals surface area contributed by atoms with Gasteiger partial charge >= 0.3 is 0 Å². The van der Waals surface area contributed by atoms with E-state index in [2.05, 4.69) is 10.6 Å². The van der Waals surface area contributed by atoms with Crippen molar-refractivity contribution >= 4 is 32.9 Å². The molecular formula is C12H14N2O2S2. The Labute approximate surface area is 112 Å². The van der Waals surface area contributed by atoms with Gasteiger partial charge in [-0.2, -0.15) is 0 Å². The second kappa shape index (κ2) is 5.07. The number of hydrogen-bond donors (Lipinski definition) is 2. The fraction of sp³-hybridized carbons (Fsp3) is 0.250. The van der Waals surface area contributed by atoms with E-state index in [0.717, 1.165) is 5.69 Å². The minimum Gasteiger partial charge on any atom is -0.355 e. The molecule has 0 spiro atoms. The molecule has 1 aromatic rings. The third-order valence-electron chi connectivity index (χ3n) is 2.56. The average Bonchev–Trinajstić information content (AvgIpc) is 2.61. The van der Waals surface area contributed by atoms with Gasteiger partial charge < -0.3 is 10.6 Å². The quantitative estimate of drug-likeness (QED) is 0.807. The van der Waals surface area contributed by atoms with E-state index in [0.29, 0.717) is 5.11 Å². The molecule has 0 aliphatic carbocycles. The topological polar surface area (TPSA) is 58.2 Å². The van der Waals surface area contributed by atoms with Crippen LogP contribution < -0.4 is 10.6 Å². The van der Waals surface area contributed by atoms with E-state index in [1.54, 1.807) is 6.08 Å². The zero-order valence-corrected chi connectivity index (χ0v) is 11.5. The zero-order chi connectivity index (χ0) is 13.2. The molecule has 2 rings (SSSR count). The van der Waals surface area contributed by atoms with Gasteiger partial charge in [-0.05, 0) is 37.4 Å². The third kappa shape index (κ3) is 3.54. The number of hydrogen-bond acceptors (Lipinski definition) is 3. The number of rotatable bonds is 2. The lowest BCUT2D eigenvalue weighted by Gasteiger charge is -2.14. The van der Waals surface area contributed by atoms with Crippen LogP contribution in [0.25, 0.3) is 0 Å². The molecule has 0 saturated carbocycles. The van der Waals surface area contributed by atoms with Gasteiger partial charge in [-0.25, -0.2) is 8.42 Å². The summed E-state index contributed by atoms with van der Waals surface area (Å²) in [5, 5.41) is 7.61. The first kappa shape index (κ1) is 13.0. The number of sulfone groups is 1. The van der Waals surface area contributed by atoms with Crippen molar-refractivity contribution < 1.29 is 8.42 Å². The van der Waals surface area contributed by atoms with Crippen molar-refractivity contribution in [1.82, 2.24) is 5.32 Å². The van der Waals surface area contributed by atoms with Crippen LogP contribution in [0, 0.1) is 6.92 Å². The van der Waals surface area contributed by atoms with Crippen LogP contribution >= 0.6 is 12.2 Å². The van der Waals surface area contributed by atoms with Gasteiger partial charge in [0.05, 0.1) is 11.8 Å². The molecule has 96 valence electrons. The number of thiocarbonyl (C=S) groups is 1. The third-order valence-corrected chi connectivity index (χ3v) is 4.17. The smallest absolute Gasteiger partial charge is 0.173 e. The second-order valence-electron chi connectivity index (χ2n) is 4.23. The van der Waals surface area contributed by atoms with Crippen molar-refractivity contribution in [2.45, 2.75) is 13.0 Å². The van der Waals surface area contributed by atoms with Gasteiger partial charge in [-0.15, -0.1) is 0 Å². The van der Waals surface area contributed by atoms with Crippen molar-refractivity contribution in [2.24, 2.45) is 0 Å². The van der Waals surface area contributed by atoms with E-state index < -0.39 is 9.84 Å². The van der Waals surface area contributed by atoms with Gasteiger partial charge in [-0.1, -0.05) is 17.7 Å². The van der Waals surface area contributed by atoms with Gasteiger partial charge in [0.25, 0.3) is 0 Å². The maximum absolute atomic E-state index is 11.2. The molecule has 0 radical (unpaired) electrons. The summed E-state index contributed by atoms with van der Waals surface area (Å²) in [5.74, 6) is 0.0583. The molecule has 1 atom stereocenters. The Morgan fingerprint density at radius 3 is 2.56 bits per heavy atom. The van der Waals surface area contributed by atoms with Gasteiger partial charge in [0.1, 0.15) is 0 Å². The maximum Gasteiger partial charge on any atom is 0.173 e. The monoisotopic (exact) mass is 282 g/mol. The minimum atomic E-state index is -3.05. The molecule has 1 aromatic carbocycles. The Kier molecular flexibility index (Phi) is 3.68. The van der Waals surface area contributed by atoms with Gasteiger partial charge in [0.2, 0.25) is 0 Å². The van der Waals surface area contributed by atoms with Crippen LogP contribution in [-0.4, -0.2) is 25.3 Å². The van der Waals surface area contributed by atoms with Crippen molar-refractivity contribution in [3.63, 3.8) is 0 Å². The highest BCUT2D eigenvalue weighted by atomic mass is 32.2. The normalized spacial score (nSPS) is 20.6. The molecule has 0 amide bonds. The molecule has 0 bridgehead atoms. The highest BCUT2D eigenvalue weighted by Gasteiger charge is 2.21. The molecule has 0 fully saturated rings. The highest BCUT2D eigenvalue weighted by molar-refractivity contribution is 7.94. The van der Waals surface area contributed by atoms with Crippen LogP contribution in [0.5, 0.6) is 0 Å². The standard InChI is InChI=1S/C12H14N2O2S2/c1-9-2-4-10(5-3-9)13-12(17)14-11-6-7-18(15,16)8-11/h2-7,11H,8H2,1H3,(H2,13,14,17). The molecule has 2 N–H and O–H groups in total. The average molecular weight is 282 g/mol. The number of aryl methyl sites for hydroxylation is 1. The second-order valence-corrected chi connectivity index (χ2v) is 6.57. The fourth-order valence-corrected chi connectivity index (χ4v) is 3.14. The Hall–Kier alpha value is -1.40. The van der Waals surface area contributed by atoms with E-state index >= 15 is 0 Å². The Morgan fingerprint density at radius 1 is 1.33 bits per heavy atom. The molecule has 0 saturated heterocycles. The lowest BCUT2D eigenvalue weighted by molar-refractivity contribution is 0.603. The van der Waals surface area contributed by atoms with Crippen LogP contribution in [-0.2, 0) is 9.84 Å². The molecule has 0 aromatic heterocycles. The van der Waals surface area contributed by atoms with E-state index in [-0.39, 0.29) is 11.8 Å². The summed E-state index contributed by atoms with van der Waals surface area (Å²) >= 11 is 5.13. The van der Waals surface area contributed by atoms with Crippen molar-refractivity contribution in [2.75, 3.05) is 11.1 Å². The summed E-state index contributed by atoms with van der Waals surface area (Å²) in [6.45, 7) is 2.01. The Bertz CT molecular complexity index is 577. The van der Waals surface area contributed by atoms with E-state index in [1.165, 1.54) is 11.0 Å². The maximum atomic E-state index is 11.2. The molecule has 1 aliphatic heterocycles. The zero-order valence-electron chi connectivity index (χ0n) is 9.88. The number of nitrogens with one attached hydrogen (secondary N) is 2. The van der Waals surface area contributed by atoms with Crippen LogP contribution in [0.4, 0.5) is 5.69 Å². The largest absolute Gasteiger partial charge is 0.355 e. The van der Waals surface area contributed by atoms with Crippen LogP contribution in [0.3, 0.4) is 0 Å². The van der Waals surface area contributed by atoms with Crippen molar-refractivity contribution in [3.8, 4) is 0 Å². The minimum absolute atomic E-state index is 0.0583. The van der Waals surface area contributed by atoms with Crippen LogP contribution in [0.2, 0.25) is 0 Å². The summed E-state index contributed by atoms with van der Waals surface area (Å²) in [5.41, 5.74) is 2.05. The van der Waals surface area contributed by atoms with Crippen LogP contribution in [0.15, 0.2) is 35.7 Å². The Balaban J connectivity index is 1.90. The summed E-state index contributed by atoms with van der Waals surface area (Å²) < 4.78 is 22.5. The summed E-state index contributed by atoms with van der Waals surface area (Å²) in [4.78, 5) is 0. The first-order valence-electron chi connectivity index (χ1n) is 5.50. The first-order chi connectivity index (χ1) is 8.44. The first-order valence-corrected chi connectivity index (χ1v) is 7.62. The van der Waals surface area contributed by atoms with Gasteiger partial charge in [0.15, 0.2) is 14.9 Å². The molecule has 1 aliphatic rings. The molecule has 18 heavy (non-hydrogen) atoms. The number of anilines is 1. The van der Waals surface area contributed by atoms with Gasteiger partial charge in [0, 0.05) is 11.1 Å². The molecular weight excluding hydrogens is 268 g/mol. The van der Waals surface area contributed by atoms with E-state index in [1.807, 2.05) is 31.2 Å².